The summed E-state index contributed by atoms with van der Waals surface area (Å²) < 4.78 is 15.1. The summed E-state index contributed by atoms with van der Waals surface area (Å²) in [5.41, 5.74) is 9.85. The van der Waals surface area contributed by atoms with Gasteiger partial charge in [0.15, 0.2) is 0 Å². The number of rotatable bonds is 7. The van der Waals surface area contributed by atoms with Crippen molar-refractivity contribution in [2.75, 3.05) is 42.6 Å². The summed E-state index contributed by atoms with van der Waals surface area (Å²) in [6, 6.07) is 8.13. The van der Waals surface area contributed by atoms with Crippen LogP contribution in [0.3, 0.4) is 0 Å². The number of halogens is 1. The first kappa shape index (κ1) is 25.8. The molecule has 2 atom stereocenters. The molecule has 1 saturated heterocycles. The summed E-state index contributed by atoms with van der Waals surface area (Å²) >= 11 is 0. The number of nitrogens with two attached hydrogens (primary N) is 1. The number of aliphatic hydroxyl groups is 1. The summed E-state index contributed by atoms with van der Waals surface area (Å²) in [6.07, 6.45) is 8.76. The number of piperazine rings is 1. The molecular formula is C28H31FN10O. The summed E-state index contributed by atoms with van der Waals surface area (Å²) in [4.78, 5) is 26.0. The maximum absolute atomic E-state index is 13.4. The molecular weight excluding hydrogens is 511 g/mol. The molecule has 0 amide bonds. The van der Waals surface area contributed by atoms with E-state index in [1.807, 2.05) is 20.0 Å². The van der Waals surface area contributed by atoms with Gasteiger partial charge in [0.1, 0.15) is 23.6 Å². The van der Waals surface area contributed by atoms with Crippen LogP contribution in [0.1, 0.15) is 31.0 Å². The molecule has 0 radical (unpaired) electrons. The number of nitrogens with zero attached hydrogens (tertiary/aromatic N) is 8. The number of nitrogens with one attached hydrogen (secondary N) is 1. The normalized spacial score (nSPS) is 16.3. The fourth-order valence-corrected chi connectivity index (χ4v) is 4.97. The van der Waals surface area contributed by atoms with Gasteiger partial charge in [-0.3, -0.25) is 4.68 Å². The first-order valence-corrected chi connectivity index (χ1v) is 13.2. The highest BCUT2D eigenvalue weighted by Gasteiger charge is 2.27. The van der Waals surface area contributed by atoms with Gasteiger partial charge >= 0.3 is 0 Å². The van der Waals surface area contributed by atoms with Crippen LogP contribution in [0.25, 0.3) is 22.3 Å². The zero-order valence-electron chi connectivity index (χ0n) is 22.4. The monoisotopic (exact) mass is 542 g/mol. The second kappa shape index (κ2) is 10.3. The molecule has 1 aromatic carbocycles. The van der Waals surface area contributed by atoms with Crippen LogP contribution in [0.5, 0.6) is 0 Å². The zero-order valence-corrected chi connectivity index (χ0v) is 22.4. The fraction of sp³-hybridized carbons (Fsp3) is 0.321. The van der Waals surface area contributed by atoms with Gasteiger partial charge in [0.25, 0.3) is 0 Å². The van der Waals surface area contributed by atoms with Gasteiger partial charge in [-0.05, 0) is 37.6 Å². The molecule has 5 aromatic rings. The zero-order chi connectivity index (χ0) is 27.9. The molecule has 0 bridgehead atoms. The summed E-state index contributed by atoms with van der Waals surface area (Å²) in [5, 5.41) is 14.7. The van der Waals surface area contributed by atoms with Gasteiger partial charge in [-0.25, -0.2) is 24.3 Å². The Bertz CT molecular complexity index is 1600. The molecule has 1 aliphatic rings. The van der Waals surface area contributed by atoms with Gasteiger partial charge in [0.05, 0.1) is 35.5 Å². The van der Waals surface area contributed by atoms with E-state index in [0.29, 0.717) is 5.95 Å². The largest absolute Gasteiger partial charge is 0.394 e. The third kappa shape index (κ3) is 4.75. The van der Waals surface area contributed by atoms with Crippen LogP contribution in [0, 0.1) is 5.82 Å². The maximum atomic E-state index is 13.4. The lowest BCUT2D eigenvalue weighted by Crippen LogP contribution is -2.47. The highest BCUT2D eigenvalue weighted by molar-refractivity contribution is 5.91. The van der Waals surface area contributed by atoms with Crippen LogP contribution in [-0.2, 0) is 5.54 Å². The maximum Gasteiger partial charge on any atom is 0.225 e. The summed E-state index contributed by atoms with van der Waals surface area (Å²) in [6.45, 7) is 6.74. The second-order valence-corrected chi connectivity index (χ2v) is 10.3. The number of anilines is 2. The van der Waals surface area contributed by atoms with Crippen molar-refractivity contribution in [3.05, 3.63) is 78.4 Å². The van der Waals surface area contributed by atoms with Crippen molar-refractivity contribution in [3.8, 4) is 11.3 Å². The van der Waals surface area contributed by atoms with E-state index in [2.05, 4.69) is 45.9 Å². The first-order valence-electron chi connectivity index (χ1n) is 13.2. The predicted molar refractivity (Wildman–Crippen MR) is 150 cm³/mol. The van der Waals surface area contributed by atoms with Crippen LogP contribution < -0.4 is 15.5 Å². The lowest BCUT2D eigenvalue weighted by Gasteiger charge is -2.35. The average Bonchev–Trinajstić information content (AvgIpc) is 3.65. The third-order valence-corrected chi connectivity index (χ3v) is 7.58. The van der Waals surface area contributed by atoms with Gasteiger partial charge in [0.2, 0.25) is 5.95 Å². The lowest BCUT2D eigenvalue weighted by atomic mass is 9.87. The Morgan fingerprint density at radius 3 is 2.40 bits per heavy atom. The standard InChI is InChI=1S/C28H31FN10O/c1-18(16-40)39-15-19(12-35-39)24-11-23-25(36-24)33-17-34-26(23)37-7-9-38(10-8-37)27-31-13-21(14-32-27)28(2,30)20-3-5-22(29)6-4-20/h3-6,11-15,17-18,40H,7-10,16,30H2,1-2H3,(H,33,34,36)/t18-,28+/m1/s1. The highest BCUT2D eigenvalue weighted by Crippen LogP contribution is 2.30. The Balaban J connectivity index is 1.16. The van der Waals surface area contributed by atoms with Crippen molar-refractivity contribution in [3.63, 3.8) is 0 Å². The first-order chi connectivity index (χ1) is 19.3. The van der Waals surface area contributed by atoms with E-state index in [1.165, 1.54) is 12.1 Å². The van der Waals surface area contributed by atoms with E-state index in [9.17, 15) is 9.50 Å². The predicted octanol–water partition coefficient (Wildman–Crippen LogP) is 2.85. The van der Waals surface area contributed by atoms with E-state index < -0.39 is 5.54 Å². The van der Waals surface area contributed by atoms with Crippen molar-refractivity contribution in [2.45, 2.75) is 25.4 Å². The van der Waals surface area contributed by atoms with Crippen molar-refractivity contribution < 1.29 is 9.50 Å². The Morgan fingerprint density at radius 2 is 1.70 bits per heavy atom. The number of aromatic amines is 1. The van der Waals surface area contributed by atoms with Gasteiger partial charge in [-0.1, -0.05) is 12.1 Å². The fourth-order valence-electron chi connectivity index (χ4n) is 4.97. The molecule has 0 saturated carbocycles. The molecule has 0 aliphatic carbocycles. The van der Waals surface area contributed by atoms with Crippen LogP contribution >= 0.6 is 0 Å². The molecule has 40 heavy (non-hydrogen) atoms. The topological polar surface area (TPSA) is 138 Å². The Labute approximate surface area is 230 Å². The second-order valence-electron chi connectivity index (χ2n) is 10.3. The minimum absolute atomic E-state index is 0.0208. The lowest BCUT2D eigenvalue weighted by molar-refractivity contribution is 0.230. The van der Waals surface area contributed by atoms with Crippen LogP contribution in [0.2, 0.25) is 0 Å². The van der Waals surface area contributed by atoms with Crippen molar-refractivity contribution >= 4 is 22.8 Å². The quantitative estimate of drug-likeness (QED) is 0.283. The molecule has 11 nitrogen and oxygen atoms in total. The number of H-pyrrole nitrogens is 1. The van der Waals surface area contributed by atoms with Gasteiger partial charge in [-0.15, -0.1) is 0 Å². The van der Waals surface area contributed by atoms with E-state index in [-0.39, 0.29) is 18.5 Å². The number of hydrogen-bond donors (Lipinski definition) is 3. The smallest absolute Gasteiger partial charge is 0.225 e. The molecule has 5 heterocycles. The Morgan fingerprint density at radius 1 is 1.00 bits per heavy atom. The van der Waals surface area contributed by atoms with Gasteiger partial charge in [-0.2, -0.15) is 5.10 Å². The minimum atomic E-state index is -0.839. The summed E-state index contributed by atoms with van der Waals surface area (Å²) in [5.74, 6) is 1.22. The molecule has 0 unspecified atom stereocenters. The Kier molecular flexibility index (Phi) is 6.64. The molecule has 206 valence electrons. The van der Waals surface area contributed by atoms with Crippen LogP contribution in [-0.4, -0.2) is 72.6 Å². The molecule has 1 fully saturated rings. The van der Waals surface area contributed by atoms with E-state index in [1.54, 1.807) is 41.7 Å². The molecule has 0 spiro atoms. The SMILES string of the molecule is C[C@H](CO)n1cc(-c2cc3c(N4CCN(c5ncc([C@@](C)(N)c6ccc(F)cc6)cn5)CC4)ncnc3[nH]2)cn1. The number of hydrogen-bond acceptors (Lipinski definition) is 9. The molecule has 1 aliphatic heterocycles. The average molecular weight is 543 g/mol. The highest BCUT2D eigenvalue weighted by atomic mass is 19.1. The van der Waals surface area contributed by atoms with Crippen molar-refractivity contribution in [1.82, 2.24) is 34.7 Å². The van der Waals surface area contributed by atoms with E-state index in [0.717, 1.165) is 65.4 Å². The van der Waals surface area contributed by atoms with E-state index >= 15 is 0 Å². The van der Waals surface area contributed by atoms with Crippen LogP contribution in [0.4, 0.5) is 16.2 Å². The van der Waals surface area contributed by atoms with Crippen LogP contribution in [0.15, 0.2) is 61.4 Å². The molecule has 12 heteroatoms. The number of aromatic nitrogens is 7. The van der Waals surface area contributed by atoms with Gasteiger partial charge in [0, 0.05) is 55.9 Å². The third-order valence-electron chi connectivity index (χ3n) is 7.58. The van der Waals surface area contributed by atoms with E-state index in [4.69, 9.17) is 5.73 Å². The van der Waals surface area contributed by atoms with Gasteiger partial charge < -0.3 is 25.6 Å². The number of fused-ring (bicyclic) bond motifs is 1. The van der Waals surface area contributed by atoms with Crippen molar-refractivity contribution in [1.29, 1.82) is 0 Å². The number of benzene rings is 1. The van der Waals surface area contributed by atoms with Crippen molar-refractivity contribution in [2.24, 2.45) is 5.73 Å². The molecule has 6 rings (SSSR count). The minimum Gasteiger partial charge on any atom is -0.394 e. The molecule has 4 N–H and O–H groups in total. The Hall–Kier alpha value is -4.42. The summed E-state index contributed by atoms with van der Waals surface area (Å²) in [7, 11) is 0. The number of aliphatic hydroxyl groups excluding tert-OH is 1. The molecule has 4 aromatic heterocycles.